The van der Waals surface area contributed by atoms with Crippen LogP contribution in [0.4, 0.5) is 0 Å². The minimum absolute atomic E-state index is 0.0121. The molecule has 0 aromatic heterocycles. The van der Waals surface area contributed by atoms with Crippen molar-refractivity contribution in [1.29, 1.82) is 0 Å². The molecule has 0 bridgehead atoms. The molecule has 1 aliphatic carbocycles. The van der Waals surface area contributed by atoms with Gasteiger partial charge in [-0.25, -0.2) is 0 Å². The van der Waals surface area contributed by atoms with Crippen molar-refractivity contribution in [1.82, 2.24) is 0 Å². The summed E-state index contributed by atoms with van der Waals surface area (Å²) in [5.74, 6) is -0.224. The van der Waals surface area contributed by atoms with Gasteiger partial charge in [-0.05, 0) is 53.4 Å². The van der Waals surface area contributed by atoms with Crippen LogP contribution in [0.15, 0.2) is 22.3 Å². The first-order chi connectivity index (χ1) is 11.1. The van der Waals surface area contributed by atoms with Gasteiger partial charge >= 0.3 is 0 Å². The van der Waals surface area contributed by atoms with Gasteiger partial charge in [0, 0.05) is 41.7 Å². The first kappa shape index (κ1) is 20.5. The normalized spacial score (nSPS) is 18.2. The predicted molar refractivity (Wildman–Crippen MR) is 91.5 cm³/mol. The molecule has 0 saturated carbocycles. The molecule has 1 atom stereocenters. The molecule has 0 aromatic rings. The fourth-order valence-electron chi connectivity index (χ4n) is 2.79. The van der Waals surface area contributed by atoms with Crippen molar-refractivity contribution in [3.05, 3.63) is 22.3 Å². The second-order valence-corrected chi connectivity index (χ2v) is 6.87. The zero-order valence-electron chi connectivity index (χ0n) is 15.1. The van der Waals surface area contributed by atoms with Gasteiger partial charge in [-0.2, -0.15) is 0 Å². The molecular formula is C19H28O5. The smallest absolute Gasteiger partial charge is 0.185 e. The molecule has 0 heterocycles. The maximum Gasteiger partial charge on any atom is 0.185 e. The second-order valence-electron chi connectivity index (χ2n) is 6.87. The Kier molecular flexibility index (Phi) is 7.24. The molecule has 0 aliphatic heterocycles. The first-order valence-electron chi connectivity index (χ1n) is 8.42. The summed E-state index contributed by atoms with van der Waals surface area (Å²) in [6, 6.07) is 0. The van der Waals surface area contributed by atoms with E-state index in [1.165, 1.54) is 0 Å². The van der Waals surface area contributed by atoms with E-state index >= 15 is 0 Å². The van der Waals surface area contributed by atoms with Gasteiger partial charge in [-0.3, -0.25) is 14.4 Å². The number of allylic oxidation sites excluding steroid dienone is 4. The van der Waals surface area contributed by atoms with Crippen LogP contribution in [0.2, 0.25) is 0 Å². The molecule has 0 amide bonds. The van der Waals surface area contributed by atoms with Crippen molar-refractivity contribution in [2.24, 2.45) is 0 Å². The monoisotopic (exact) mass is 336 g/mol. The highest BCUT2D eigenvalue weighted by Crippen LogP contribution is 2.30. The largest absolute Gasteiger partial charge is 0.396 e. The van der Waals surface area contributed by atoms with E-state index in [-0.39, 0.29) is 30.4 Å². The minimum atomic E-state index is -1.07. The lowest BCUT2D eigenvalue weighted by molar-refractivity contribution is -0.120. The van der Waals surface area contributed by atoms with Crippen molar-refractivity contribution in [2.75, 3.05) is 6.61 Å². The van der Waals surface area contributed by atoms with E-state index in [0.717, 1.165) is 0 Å². The zero-order chi connectivity index (χ0) is 18.5. The van der Waals surface area contributed by atoms with Crippen LogP contribution in [-0.4, -0.2) is 39.8 Å². The molecule has 5 heteroatoms. The Bertz CT molecular complexity index is 593. The van der Waals surface area contributed by atoms with Gasteiger partial charge in [0.05, 0.1) is 5.60 Å². The molecule has 0 saturated heterocycles. The highest BCUT2D eigenvalue weighted by Gasteiger charge is 2.30. The molecule has 5 nitrogen and oxygen atoms in total. The lowest BCUT2D eigenvalue weighted by Crippen LogP contribution is -2.27. The number of Topliss-reactive ketones (excluding diaryl/α,β-unsaturated/α-hetero) is 3. The number of carbonyl (C=O) groups is 3. The molecule has 2 N–H and O–H groups in total. The third-order valence-electron chi connectivity index (χ3n) is 4.78. The van der Waals surface area contributed by atoms with Crippen LogP contribution in [0, 0.1) is 0 Å². The lowest BCUT2D eigenvalue weighted by atomic mass is 9.81. The molecule has 1 aliphatic rings. The number of hydrogen-bond donors (Lipinski definition) is 2. The highest BCUT2D eigenvalue weighted by atomic mass is 16.3. The van der Waals surface area contributed by atoms with E-state index < -0.39 is 5.60 Å². The maximum atomic E-state index is 12.4. The second kappa shape index (κ2) is 8.49. The van der Waals surface area contributed by atoms with Crippen molar-refractivity contribution in [2.45, 2.75) is 71.8 Å². The fraction of sp³-hybridized carbons (Fsp3) is 0.632. The minimum Gasteiger partial charge on any atom is -0.396 e. The quantitative estimate of drug-likeness (QED) is 0.631. The summed E-state index contributed by atoms with van der Waals surface area (Å²) in [7, 11) is 0. The zero-order valence-corrected chi connectivity index (χ0v) is 15.1. The summed E-state index contributed by atoms with van der Waals surface area (Å²) >= 11 is 0. The van der Waals surface area contributed by atoms with E-state index in [1.54, 1.807) is 27.7 Å². The number of hydrogen-bond acceptors (Lipinski definition) is 5. The number of aliphatic hydroxyl groups is 2. The van der Waals surface area contributed by atoms with Crippen molar-refractivity contribution in [3.63, 3.8) is 0 Å². The van der Waals surface area contributed by atoms with Gasteiger partial charge in [0.2, 0.25) is 0 Å². The molecule has 24 heavy (non-hydrogen) atoms. The Morgan fingerprint density at radius 3 is 2.12 bits per heavy atom. The number of ketones is 3. The summed E-state index contributed by atoms with van der Waals surface area (Å²) < 4.78 is 0. The molecule has 0 radical (unpaired) electrons. The van der Waals surface area contributed by atoms with Gasteiger partial charge < -0.3 is 10.2 Å². The molecule has 0 spiro atoms. The van der Waals surface area contributed by atoms with Gasteiger partial charge in [0.15, 0.2) is 11.6 Å². The van der Waals surface area contributed by atoms with Crippen molar-refractivity contribution in [3.8, 4) is 0 Å². The van der Waals surface area contributed by atoms with Crippen molar-refractivity contribution >= 4 is 17.3 Å². The van der Waals surface area contributed by atoms with Crippen LogP contribution in [0.1, 0.15) is 66.2 Å². The van der Waals surface area contributed by atoms with E-state index in [9.17, 15) is 19.5 Å². The topological polar surface area (TPSA) is 91.7 Å². The summed E-state index contributed by atoms with van der Waals surface area (Å²) in [5, 5.41) is 19.2. The lowest BCUT2D eigenvalue weighted by Gasteiger charge is -2.25. The third-order valence-corrected chi connectivity index (χ3v) is 4.78. The highest BCUT2D eigenvalue weighted by molar-refractivity contribution is 6.24. The Morgan fingerprint density at radius 1 is 0.958 bits per heavy atom. The predicted octanol–water partition coefficient (Wildman–Crippen LogP) is 2.44. The molecule has 0 aromatic carbocycles. The fourth-order valence-corrected chi connectivity index (χ4v) is 2.79. The average Bonchev–Trinajstić information content (AvgIpc) is 2.54. The summed E-state index contributed by atoms with van der Waals surface area (Å²) in [5.41, 5.74) is 0.810. The summed E-state index contributed by atoms with van der Waals surface area (Å²) in [4.78, 5) is 36.1. The third kappa shape index (κ3) is 5.21. The summed E-state index contributed by atoms with van der Waals surface area (Å²) in [6.45, 7) is 6.59. The molecule has 1 unspecified atom stereocenters. The average molecular weight is 336 g/mol. The van der Waals surface area contributed by atoms with E-state index in [1.807, 2.05) is 0 Å². The molecule has 1 rings (SSSR count). The Hall–Kier alpha value is -1.59. The van der Waals surface area contributed by atoms with Crippen LogP contribution in [-0.2, 0) is 14.4 Å². The van der Waals surface area contributed by atoms with Gasteiger partial charge in [-0.1, -0.05) is 0 Å². The summed E-state index contributed by atoms with van der Waals surface area (Å²) in [6.07, 6.45) is 1.94. The van der Waals surface area contributed by atoms with Crippen molar-refractivity contribution < 1.29 is 24.6 Å². The van der Waals surface area contributed by atoms with E-state index in [2.05, 4.69) is 0 Å². The van der Waals surface area contributed by atoms with Crippen LogP contribution in [0.25, 0.3) is 0 Å². The SMILES string of the molecule is CC1=C(C)C(=O)C(CCC(C)(O)CCC(=O)CCCO)=C(C)C1=O. The number of carbonyl (C=O) groups excluding carboxylic acids is 3. The molecule has 0 fully saturated rings. The molecular weight excluding hydrogens is 308 g/mol. The Labute approximate surface area is 143 Å². The van der Waals surface area contributed by atoms with E-state index in [4.69, 9.17) is 5.11 Å². The van der Waals surface area contributed by atoms with E-state index in [0.29, 0.717) is 54.4 Å². The standard InChI is InChI=1S/C19H28O5/c1-12-13(2)18(23)16(14(3)17(12)22)8-10-19(4,24)9-7-15(21)6-5-11-20/h20,24H,5-11H2,1-4H3. The first-order valence-corrected chi connectivity index (χ1v) is 8.42. The van der Waals surface area contributed by atoms with Crippen LogP contribution in [0.3, 0.4) is 0 Å². The van der Waals surface area contributed by atoms with Gasteiger partial charge in [-0.15, -0.1) is 0 Å². The maximum absolute atomic E-state index is 12.4. The van der Waals surface area contributed by atoms with Gasteiger partial charge in [0.25, 0.3) is 0 Å². The molecule has 134 valence electrons. The Balaban J connectivity index is 2.65. The number of rotatable bonds is 9. The number of aliphatic hydroxyl groups excluding tert-OH is 1. The Morgan fingerprint density at radius 2 is 1.54 bits per heavy atom. The van der Waals surface area contributed by atoms with Crippen LogP contribution >= 0.6 is 0 Å². The van der Waals surface area contributed by atoms with Gasteiger partial charge in [0.1, 0.15) is 5.78 Å². The van der Waals surface area contributed by atoms with Crippen LogP contribution in [0.5, 0.6) is 0 Å². The van der Waals surface area contributed by atoms with Crippen LogP contribution < -0.4 is 0 Å².